The maximum absolute atomic E-state index is 14.1. The smallest absolute Gasteiger partial charge is 0.410 e. The molecule has 109 heavy (non-hydrogen) atoms. The molecule has 0 aromatic heterocycles. The number of unbranched alkanes of at least 4 members (excludes halogenated alkanes) is 2. The van der Waals surface area contributed by atoms with Gasteiger partial charge in [0.25, 0.3) is 0 Å². The standard InChI is InChI=1S/C89H95NO19/c1-63(91)103-84-80-78(99-57-69-42-22-7-23-43-69)81(85(92)106-80)109-88(84)108-79-75(97-55-67-38-18-5-19-39-67)73(61-94-53-65-34-14-3-15-35-65)105-87(83(79)101-59-71-46-26-9-27-47-71)107-76-74(62-95-54-66-36-16-4-17-37-66)104-86(82(100-58-70-44-24-8-25-45-70)77(76)98-56-68-40-20-6-21-41-68)96-51-31-11-30-50-90(52-64-32-12-2-13-33-64)89(93)102-60-72-48-28-10-29-49-72/h2-10,12-29,32-49,73-84,86-88H,11,30-31,50-62H2,1H3/t73-,74-,75+,76-,77+,78+,79+,80+,81+,82-,83-,84-,86-,87+,88-/m1/s1. The summed E-state index contributed by atoms with van der Waals surface area (Å²) >= 11 is 0. The van der Waals surface area contributed by atoms with Crippen molar-refractivity contribution in [1.29, 1.82) is 0 Å². The average molecular weight is 1480 g/mol. The first-order chi connectivity index (χ1) is 53.7. The van der Waals surface area contributed by atoms with Crippen molar-refractivity contribution < 1.29 is 90.2 Å². The highest BCUT2D eigenvalue weighted by Gasteiger charge is 2.62. The predicted octanol–water partition coefficient (Wildman–Crippen LogP) is 14.2. The summed E-state index contributed by atoms with van der Waals surface area (Å²) in [4.78, 5) is 43.2. The third kappa shape index (κ3) is 22.7. The Morgan fingerprint density at radius 1 is 0.349 bits per heavy atom. The van der Waals surface area contributed by atoms with Gasteiger partial charge in [-0.2, -0.15) is 0 Å². The lowest BCUT2D eigenvalue weighted by Gasteiger charge is -2.51. The van der Waals surface area contributed by atoms with E-state index in [-0.39, 0.29) is 72.7 Å². The summed E-state index contributed by atoms with van der Waals surface area (Å²) in [6, 6.07) is 87.6. The quantitative estimate of drug-likeness (QED) is 0.0200. The highest BCUT2D eigenvalue weighted by molar-refractivity contribution is 5.79. The van der Waals surface area contributed by atoms with Gasteiger partial charge in [0.05, 0.1) is 59.5 Å². The number of benzene rings is 9. The molecule has 0 spiro atoms. The van der Waals surface area contributed by atoms with E-state index in [4.69, 9.17) is 75.8 Å². The summed E-state index contributed by atoms with van der Waals surface area (Å²) in [6.07, 6.45) is -16.2. The second-order valence-corrected chi connectivity index (χ2v) is 27.4. The number of carbonyl (C=O) groups is 3. The molecule has 0 saturated carbocycles. The third-order valence-corrected chi connectivity index (χ3v) is 19.3. The number of nitrogens with zero attached hydrogens (tertiary/aromatic N) is 1. The van der Waals surface area contributed by atoms with Gasteiger partial charge in [-0.3, -0.25) is 4.79 Å². The van der Waals surface area contributed by atoms with Crippen molar-refractivity contribution in [2.75, 3.05) is 26.4 Å². The van der Waals surface area contributed by atoms with E-state index in [1.165, 1.54) is 6.92 Å². The van der Waals surface area contributed by atoms with Crippen molar-refractivity contribution in [3.63, 3.8) is 0 Å². The minimum atomic E-state index is -1.51. The molecule has 570 valence electrons. The highest BCUT2D eigenvalue weighted by Crippen LogP contribution is 2.41. The lowest BCUT2D eigenvalue weighted by Crippen LogP contribution is -2.67. The Balaban J connectivity index is 0.860. The van der Waals surface area contributed by atoms with Crippen LogP contribution < -0.4 is 0 Å². The average Bonchev–Trinajstić information content (AvgIpc) is 1.71. The van der Waals surface area contributed by atoms with Crippen LogP contribution in [0.2, 0.25) is 0 Å². The molecule has 0 radical (unpaired) electrons. The Labute approximate surface area is 637 Å². The molecule has 0 aliphatic carbocycles. The maximum atomic E-state index is 14.1. The molecular weight excluding hydrogens is 1390 g/mol. The van der Waals surface area contributed by atoms with Crippen molar-refractivity contribution in [1.82, 2.24) is 4.90 Å². The fourth-order valence-electron chi connectivity index (χ4n) is 13.8. The molecule has 15 atom stereocenters. The van der Waals surface area contributed by atoms with Crippen molar-refractivity contribution in [3.05, 3.63) is 323 Å². The zero-order valence-corrected chi connectivity index (χ0v) is 61.2. The summed E-state index contributed by atoms with van der Waals surface area (Å²) in [7, 11) is 0. The van der Waals surface area contributed by atoms with E-state index in [1.807, 2.05) is 273 Å². The van der Waals surface area contributed by atoms with Gasteiger partial charge in [0.2, 0.25) is 0 Å². The van der Waals surface area contributed by atoms with Gasteiger partial charge in [0.1, 0.15) is 61.5 Å². The van der Waals surface area contributed by atoms with E-state index in [0.717, 1.165) is 50.1 Å². The molecule has 4 aliphatic rings. The van der Waals surface area contributed by atoms with Crippen molar-refractivity contribution >= 4 is 18.0 Å². The lowest BCUT2D eigenvalue weighted by molar-refractivity contribution is -0.389. The topological polar surface area (TPSA) is 202 Å². The van der Waals surface area contributed by atoms with Crippen LogP contribution in [0.15, 0.2) is 273 Å². The van der Waals surface area contributed by atoms with Crippen LogP contribution in [-0.2, 0) is 145 Å². The maximum Gasteiger partial charge on any atom is 0.410 e. The third-order valence-electron chi connectivity index (χ3n) is 19.3. The Bertz CT molecular complexity index is 4110. The van der Waals surface area contributed by atoms with E-state index in [9.17, 15) is 14.4 Å². The number of fused-ring (bicyclic) bond motifs is 2. The second kappa shape index (κ2) is 40.9. The van der Waals surface area contributed by atoms with Crippen LogP contribution in [0.4, 0.5) is 4.79 Å². The first-order valence-electron chi connectivity index (χ1n) is 37.5. The molecule has 9 aromatic carbocycles. The first-order valence-corrected chi connectivity index (χ1v) is 37.5. The van der Waals surface area contributed by atoms with Gasteiger partial charge in [-0.15, -0.1) is 0 Å². The lowest BCUT2D eigenvalue weighted by atomic mass is 9.95. The zero-order valence-electron chi connectivity index (χ0n) is 61.2. The summed E-state index contributed by atoms with van der Waals surface area (Å²) in [5.74, 6) is -1.41. The Morgan fingerprint density at radius 3 is 1.17 bits per heavy atom. The molecular formula is C89H95NO19. The largest absolute Gasteiger partial charge is 0.453 e. The van der Waals surface area contributed by atoms with Crippen LogP contribution in [0.3, 0.4) is 0 Å². The van der Waals surface area contributed by atoms with E-state index >= 15 is 0 Å². The molecule has 2 bridgehead atoms. The van der Waals surface area contributed by atoms with Gasteiger partial charge in [0, 0.05) is 26.6 Å². The Hall–Kier alpha value is -9.33. The van der Waals surface area contributed by atoms with Crippen LogP contribution in [0, 0.1) is 0 Å². The second-order valence-electron chi connectivity index (χ2n) is 27.4. The number of hydrogen-bond acceptors (Lipinski definition) is 19. The van der Waals surface area contributed by atoms with E-state index in [0.29, 0.717) is 32.4 Å². The van der Waals surface area contributed by atoms with Crippen LogP contribution >= 0.6 is 0 Å². The molecule has 20 nitrogen and oxygen atoms in total. The zero-order chi connectivity index (χ0) is 74.6. The van der Waals surface area contributed by atoms with Crippen LogP contribution in [0.1, 0.15) is 76.3 Å². The fourth-order valence-corrected chi connectivity index (χ4v) is 13.8. The van der Waals surface area contributed by atoms with Gasteiger partial charge in [-0.25, -0.2) is 9.59 Å². The van der Waals surface area contributed by atoms with E-state index in [1.54, 1.807) is 4.90 Å². The number of hydrogen-bond donors (Lipinski definition) is 0. The molecule has 4 aliphatic heterocycles. The Kier molecular flexibility index (Phi) is 29.2. The molecule has 13 rings (SSSR count). The molecule has 4 heterocycles. The monoisotopic (exact) mass is 1480 g/mol. The van der Waals surface area contributed by atoms with E-state index in [2.05, 4.69) is 0 Å². The van der Waals surface area contributed by atoms with Crippen LogP contribution in [-0.4, -0.2) is 141 Å². The van der Waals surface area contributed by atoms with Gasteiger partial charge >= 0.3 is 18.0 Å². The molecule has 4 fully saturated rings. The van der Waals surface area contributed by atoms with Gasteiger partial charge in [-0.05, 0) is 69.3 Å². The number of carbonyl (C=O) groups excluding carboxylic acids is 3. The predicted molar refractivity (Wildman–Crippen MR) is 402 cm³/mol. The van der Waals surface area contributed by atoms with Gasteiger partial charge in [-0.1, -0.05) is 273 Å². The summed E-state index contributed by atoms with van der Waals surface area (Å²) in [6.45, 7) is 3.11. The number of rotatable bonds is 39. The van der Waals surface area contributed by atoms with Crippen molar-refractivity contribution in [3.8, 4) is 0 Å². The normalized spacial score (nSPS) is 24.4. The van der Waals surface area contributed by atoms with Crippen LogP contribution in [0.25, 0.3) is 0 Å². The minimum absolute atomic E-state index is 0.00282. The number of ether oxygens (including phenoxy) is 16. The van der Waals surface area contributed by atoms with E-state index < -0.39 is 110 Å². The van der Waals surface area contributed by atoms with Crippen LogP contribution in [0.5, 0.6) is 0 Å². The molecule has 20 heteroatoms. The summed E-state index contributed by atoms with van der Waals surface area (Å²) in [5, 5.41) is 0. The molecule has 1 amide bonds. The van der Waals surface area contributed by atoms with Crippen molar-refractivity contribution in [2.24, 2.45) is 0 Å². The van der Waals surface area contributed by atoms with Crippen molar-refractivity contribution in [2.45, 2.75) is 178 Å². The Morgan fingerprint density at radius 2 is 0.716 bits per heavy atom. The molecule has 0 N–H and O–H groups in total. The van der Waals surface area contributed by atoms with Gasteiger partial charge < -0.3 is 80.7 Å². The number of amides is 1. The SMILES string of the molecule is CC(=O)O[C@H]1[C@H](O[C@H]2[C@@H](OCc3ccccc3)[C@@H](COCc3ccccc3)O[C@@H](O[C@H]3[C@H](OCc4ccccc4)[C@@H](OCc4ccccc4)[C@H](OCCCCCN(Cc4ccccc4)C(=O)OCc4ccccc4)O[C@@H]3COCc3ccccc3)[C@@H]2OCc2ccccc2)O[C@@H]2C(=O)O[C@H]1[C@@H]2OCc1ccccc1. The summed E-state index contributed by atoms with van der Waals surface area (Å²) < 4.78 is 111. The van der Waals surface area contributed by atoms with Gasteiger partial charge in [0.15, 0.2) is 37.2 Å². The molecule has 0 unspecified atom stereocenters. The number of esters is 2. The summed E-state index contributed by atoms with van der Waals surface area (Å²) in [5.41, 5.74) is 7.94. The highest BCUT2D eigenvalue weighted by atomic mass is 16.8. The first kappa shape index (κ1) is 77.8. The molecule has 4 saturated heterocycles. The molecule has 9 aromatic rings. The fraction of sp³-hybridized carbons (Fsp3) is 0.360. The minimum Gasteiger partial charge on any atom is -0.453 e.